The largest absolute Gasteiger partial charge is 0.341 e. The Kier molecular flexibility index (Phi) is 6.80. The fraction of sp³-hybridized carbons (Fsp3) is 0.933. The van der Waals surface area contributed by atoms with Gasteiger partial charge in [0.05, 0.1) is 6.54 Å². The van der Waals surface area contributed by atoms with Crippen molar-refractivity contribution in [1.29, 1.82) is 0 Å². The minimum atomic E-state index is 0.288. The van der Waals surface area contributed by atoms with E-state index in [1.54, 1.807) is 0 Å². The van der Waals surface area contributed by atoms with Crippen molar-refractivity contribution in [3.63, 3.8) is 0 Å². The van der Waals surface area contributed by atoms with Gasteiger partial charge in [-0.3, -0.25) is 9.69 Å². The molecule has 4 nitrogen and oxygen atoms in total. The highest BCUT2D eigenvalue weighted by molar-refractivity contribution is 5.78. The molecule has 0 spiro atoms. The Morgan fingerprint density at radius 1 is 1.26 bits per heavy atom. The van der Waals surface area contributed by atoms with E-state index in [-0.39, 0.29) is 5.91 Å². The standard InChI is InChI=1S/C15H31N3O/c1-12(2)8-18(9-13(3)4)15(19)11-17-7-6-16-14(5)10-17/h12-14,16H,6-11H2,1-5H3/t14-/m0/s1. The Morgan fingerprint density at radius 3 is 2.32 bits per heavy atom. The van der Waals surface area contributed by atoms with E-state index in [1.165, 1.54) is 0 Å². The highest BCUT2D eigenvalue weighted by atomic mass is 16.2. The first-order chi connectivity index (χ1) is 8.88. The molecule has 4 heteroatoms. The minimum absolute atomic E-state index is 0.288. The molecule has 0 bridgehead atoms. The van der Waals surface area contributed by atoms with Crippen molar-refractivity contribution in [2.45, 2.75) is 40.7 Å². The second-order valence-electron chi connectivity index (χ2n) is 6.68. The van der Waals surface area contributed by atoms with E-state index in [4.69, 9.17) is 0 Å². The lowest BCUT2D eigenvalue weighted by Crippen LogP contribution is -2.52. The van der Waals surface area contributed by atoms with Crippen LogP contribution in [0, 0.1) is 11.8 Å². The van der Waals surface area contributed by atoms with Gasteiger partial charge in [-0.25, -0.2) is 0 Å². The second kappa shape index (κ2) is 7.85. The molecule has 1 amide bonds. The van der Waals surface area contributed by atoms with Crippen molar-refractivity contribution in [2.75, 3.05) is 39.3 Å². The summed E-state index contributed by atoms with van der Waals surface area (Å²) in [6.45, 7) is 16.1. The Labute approximate surface area is 118 Å². The number of piperazine rings is 1. The molecule has 1 aliphatic heterocycles. The molecule has 0 saturated carbocycles. The number of rotatable bonds is 6. The summed E-state index contributed by atoms with van der Waals surface area (Å²) in [7, 11) is 0. The van der Waals surface area contributed by atoms with Crippen LogP contribution >= 0.6 is 0 Å². The molecule has 1 heterocycles. The average molecular weight is 269 g/mol. The third-order valence-corrected chi connectivity index (χ3v) is 3.34. The summed E-state index contributed by atoms with van der Waals surface area (Å²) in [4.78, 5) is 16.8. The summed E-state index contributed by atoms with van der Waals surface area (Å²) < 4.78 is 0. The molecule has 1 fully saturated rings. The number of hydrogen-bond donors (Lipinski definition) is 1. The number of nitrogens with one attached hydrogen (secondary N) is 1. The number of amides is 1. The van der Waals surface area contributed by atoms with Crippen LogP contribution in [0.3, 0.4) is 0 Å². The predicted molar refractivity (Wildman–Crippen MR) is 80.2 cm³/mol. The number of hydrogen-bond acceptors (Lipinski definition) is 3. The zero-order chi connectivity index (χ0) is 14.4. The summed E-state index contributed by atoms with van der Waals surface area (Å²) in [5, 5.41) is 3.41. The van der Waals surface area contributed by atoms with Crippen LogP contribution in [0.4, 0.5) is 0 Å². The molecule has 1 atom stereocenters. The maximum atomic E-state index is 12.5. The van der Waals surface area contributed by atoms with Gasteiger partial charge >= 0.3 is 0 Å². The minimum Gasteiger partial charge on any atom is -0.341 e. The molecule has 19 heavy (non-hydrogen) atoms. The van der Waals surface area contributed by atoms with Gasteiger partial charge in [-0.15, -0.1) is 0 Å². The van der Waals surface area contributed by atoms with Crippen LogP contribution in [-0.2, 0) is 4.79 Å². The van der Waals surface area contributed by atoms with Gasteiger partial charge in [0.1, 0.15) is 0 Å². The summed E-state index contributed by atoms with van der Waals surface area (Å²) in [5.41, 5.74) is 0. The van der Waals surface area contributed by atoms with Crippen molar-refractivity contribution in [3.8, 4) is 0 Å². The second-order valence-corrected chi connectivity index (χ2v) is 6.68. The van der Waals surface area contributed by atoms with Crippen LogP contribution in [-0.4, -0.2) is 61.0 Å². The van der Waals surface area contributed by atoms with Crippen LogP contribution in [0.15, 0.2) is 0 Å². The van der Waals surface area contributed by atoms with Gasteiger partial charge in [0.25, 0.3) is 0 Å². The molecular weight excluding hydrogens is 238 g/mol. The molecule has 1 rings (SSSR count). The van der Waals surface area contributed by atoms with Gasteiger partial charge in [0, 0.05) is 38.8 Å². The van der Waals surface area contributed by atoms with Crippen LogP contribution in [0.5, 0.6) is 0 Å². The SMILES string of the molecule is CC(C)CN(CC(C)C)C(=O)CN1CCN[C@@H](C)C1. The van der Waals surface area contributed by atoms with Crippen LogP contribution in [0.2, 0.25) is 0 Å². The molecule has 0 aromatic heterocycles. The maximum absolute atomic E-state index is 12.5. The Hall–Kier alpha value is -0.610. The van der Waals surface area contributed by atoms with Crippen molar-refractivity contribution < 1.29 is 4.79 Å². The van der Waals surface area contributed by atoms with E-state index in [9.17, 15) is 4.79 Å². The van der Waals surface area contributed by atoms with Crippen LogP contribution < -0.4 is 5.32 Å². The highest BCUT2D eigenvalue weighted by Crippen LogP contribution is 2.06. The van der Waals surface area contributed by atoms with Gasteiger partial charge in [0.15, 0.2) is 0 Å². The topological polar surface area (TPSA) is 35.6 Å². The van der Waals surface area contributed by atoms with Crippen molar-refractivity contribution >= 4 is 5.91 Å². The normalized spacial score (nSPS) is 21.1. The molecular formula is C15H31N3O. The Morgan fingerprint density at radius 2 is 1.84 bits per heavy atom. The third kappa shape index (κ3) is 6.39. The molecule has 1 saturated heterocycles. The van der Waals surface area contributed by atoms with Crippen LogP contribution in [0.25, 0.3) is 0 Å². The summed E-state index contributed by atoms with van der Waals surface area (Å²) in [6.07, 6.45) is 0. The summed E-state index contributed by atoms with van der Waals surface area (Å²) in [6, 6.07) is 0.491. The molecule has 0 aliphatic carbocycles. The maximum Gasteiger partial charge on any atom is 0.236 e. The predicted octanol–water partition coefficient (Wildman–Crippen LogP) is 1.42. The smallest absolute Gasteiger partial charge is 0.236 e. The summed E-state index contributed by atoms with van der Waals surface area (Å²) >= 11 is 0. The first kappa shape index (κ1) is 16.4. The molecule has 0 aromatic carbocycles. The monoisotopic (exact) mass is 269 g/mol. The fourth-order valence-corrected chi connectivity index (χ4v) is 2.61. The fourth-order valence-electron chi connectivity index (χ4n) is 2.61. The summed E-state index contributed by atoms with van der Waals surface area (Å²) in [5.74, 6) is 1.35. The van der Waals surface area contributed by atoms with Gasteiger partial charge < -0.3 is 10.2 Å². The van der Waals surface area contributed by atoms with E-state index in [2.05, 4.69) is 44.8 Å². The van der Waals surface area contributed by atoms with E-state index in [0.29, 0.717) is 24.4 Å². The zero-order valence-corrected chi connectivity index (χ0v) is 13.3. The zero-order valence-electron chi connectivity index (χ0n) is 13.3. The number of carbonyl (C=O) groups excluding carboxylic acids is 1. The molecule has 112 valence electrons. The molecule has 0 unspecified atom stereocenters. The van der Waals surface area contributed by atoms with Crippen molar-refractivity contribution in [1.82, 2.24) is 15.1 Å². The van der Waals surface area contributed by atoms with E-state index < -0.39 is 0 Å². The molecule has 0 aromatic rings. The quantitative estimate of drug-likeness (QED) is 0.792. The van der Waals surface area contributed by atoms with Crippen LogP contribution in [0.1, 0.15) is 34.6 Å². The third-order valence-electron chi connectivity index (χ3n) is 3.34. The highest BCUT2D eigenvalue weighted by Gasteiger charge is 2.22. The van der Waals surface area contributed by atoms with Crippen molar-refractivity contribution in [2.24, 2.45) is 11.8 Å². The molecule has 0 radical (unpaired) electrons. The number of carbonyl (C=O) groups is 1. The number of nitrogens with zero attached hydrogens (tertiary/aromatic N) is 2. The van der Waals surface area contributed by atoms with E-state index in [1.807, 2.05) is 4.90 Å². The van der Waals surface area contributed by atoms with Gasteiger partial charge in [-0.1, -0.05) is 27.7 Å². The van der Waals surface area contributed by atoms with E-state index >= 15 is 0 Å². The Balaban J connectivity index is 2.50. The lowest BCUT2D eigenvalue weighted by Gasteiger charge is -2.34. The van der Waals surface area contributed by atoms with E-state index in [0.717, 1.165) is 32.7 Å². The van der Waals surface area contributed by atoms with Crippen molar-refractivity contribution in [3.05, 3.63) is 0 Å². The first-order valence-electron chi connectivity index (χ1n) is 7.62. The van der Waals surface area contributed by atoms with Gasteiger partial charge in [-0.2, -0.15) is 0 Å². The van der Waals surface area contributed by atoms with Gasteiger partial charge in [0.2, 0.25) is 5.91 Å². The lowest BCUT2D eigenvalue weighted by molar-refractivity contribution is -0.133. The van der Waals surface area contributed by atoms with Gasteiger partial charge in [-0.05, 0) is 18.8 Å². The average Bonchev–Trinajstić information content (AvgIpc) is 2.26. The Bertz CT molecular complexity index is 269. The molecule has 1 N–H and O–H groups in total. The lowest BCUT2D eigenvalue weighted by atomic mass is 10.1. The molecule has 1 aliphatic rings. The first-order valence-corrected chi connectivity index (χ1v) is 7.62.